The number of benzene rings is 1. The fourth-order valence-electron chi connectivity index (χ4n) is 2.21. The molecule has 1 amide bonds. The normalized spacial score (nSPS) is 10.8. The summed E-state index contributed by atoms with van der Waals surface area (Å²) in [5.74, 6) is 0.173. The summed E-state index contributed by atoms with van der Waals surface area (Å²) in [7, 11) is 0. The highest BCUT2D eigenvalue weighted by Gasteiger charge is 2.09. The Morgan fingerprint density at radius 2 is 2.00 bits per heavy atom. The summed E-state index contributed by atoms with van der Waals surface area (Å²) < 4.78 is 6.87. The third-order valence-corrected chi connectivity index (χ3v) is 4.59. The molecule has 1 aromatic carbocycles. The van der Waals surface area contributed by atoms with E-state index < -0.39 is 5.69 Å². The van der Waals surface area contributed by atoms with Crippen LogP contribution in [0.1, 0.15) is 0 Å². The molecule has 0 aliphatic carbocycles. The van der Waals surface area contributed by atoms with Crippen LogP contribution in [0.4, 0.5) is 0 Å². The molecule has 0 bridgehead atoms. The second kappa shape index (κ2) is 7.54. The molecule has 0 radical (unpaired) electrons. The minimum atomic E-state index is -0.498. The van der Waals surface area contributed by atoms with Crippen molar-refractivity contribution < 1.29 is 9.53 Å². The third-order valence-electron chi connectivity index (χ3n) is 3.43. The van der Waals surface area contributed by atoms with E-state index in [9.17, 15) is 14.4 Å². The number of hydrogen-bond acceptors (Lipinski definition) is 5. The first-order chi connectivity index (χ1) is 12.0. The summed E-state index contributed by atoms with van der Waals surface area (Å²) in [6, 6.07) is 8.32. The number of nitrogens with zero attached hydrogens (tertiary/aromatic N) is 1. The van der Waals surface area contributed by atoms with E-state index in [1.807, 2.05) is 0 Å². The zero-order valence-electron chi connectivity index (χ0n) is 13.0. The van der Waals surface area contributed by atoms with Gasteiger partial charge in [0, 0.05) is 18.1 Å². The number of hydrogen-bond donors (Lipinski definition) is 2. The number of nitrogens with one attached hydrogen (secondary N) is 2. The van der Waals surface area contributed by atoms with Gasteiger partial charge in [0.05, 0.1) is 5.52 Å². The van der Waals surface area contributed by atoms with Gasteiger partial charge >= 0.3 is 5.69 Å². The number of carbonyl (C=O) groups is 1. The van der Waals surface area contributed by atoms with E-state index in [2.05, 4.69) is 10.3 Å². The van der Waals surface area contributed by atoms with Gasteiger partial charge in [-0.15, -0.1) is 11.3 Å². The SMILES string of the molecule is O=C(COc1ccc(Cl)cc1)NCCn1c(=O)[nH]c2ccsc2c1=O. The summed E-state index contributed by atoms with van der Waals surface area (Å²) in [5, 5.41) is 4.93. The molecule has 130 valence electrons. The molecule has 0 saturated carbocycles. The standard InChI is InChI=1S/C16H14ClN3O4S/c17-10-1-3-11(4-2-10)24-9-13(21)18-6-7-20-15(22)14-12(5-8-25-14)19-16(20)23/h1-5,8H,6-7,9H2,(H,18,21)(H,19,23). The molecule has 0 fully saturated rings. The minimum absolute atomic E-state index is 0.0781. The highest BCUT2D eigenvalue weighted by Crippen LogP contribution is 2.15. The molecule has 0 aliphatic rings. The smallest absolute Gasteiger partial charge is 0.328 e. The Labute approximate surface area is 150 Å². The first kappa shape index (κ1) is 17.2. The lowest BCUT2D eigenvalue weighted by atomic mass is 10.3. The zero-order chi connectivity index (χ0) is 17.8. The van der Waals surface area contributed by atoms with Crippen LogP contribution in [0.5, 0.6) is 5.75 Å². The number of rotatable bonds is 6. The van der Waals surface area contributed by atoms with Gasteiger partial charge in [-0.2, -0.15) is 0 Å². The van der Waals surface area contributed by atoms with E-state index in [-0.39, 0.29) is 31.2 Å². The summed E-state index contributed by atoms with van der Waals surface area (Å²) in [6.07, 6.45) is 0. The molecular weight excluding hydrogens is 366 g/mol. The van der Waals surface area contributed by atoms with Gasteiger partial charge in [0.1, 0.15) is 10.4 Å². The van der Waals surface area contributed by atoms with E-state index >= 15 is 0 Å². The lowest BCUT2D eigenvalue weighted by Gasteiger charge is -2.08. The number of carbonyl (C=O) groups excluding carboxylic acids is 1. The summed E-state index contributed by atoms with van der Waals surface area (Å²) in [6.45, 7) is 0.0498. The Kier molecular flexibility index (Phi) is 5.20. The van der Waals surface area contributed by atoms with Gasteiger partial charge in [0.15, 0.2) is 6.61 Å². The Hall–Kier alpha value is -2.58. The van der Waals surface area contributed by atoms with Crippen molar-refractivity contribution in [3.05, 3.63) is 61.6 Å². The summed E-state index contributed by atoms with van der Waals surface area (Å²) in [4.78, 5) is 38.6. The van der Waals surface area contributed by atoms with Crippen LogP contribution in [0.25, 0.3) is 10.2 Å². The van der Waals surface area contributed by atoms with Crippen molar-refractivity contribution in [3.8, 4) is 5.75 Å². The van der Waals surface area contributed by atoms with Crippen LogP contribution in [-0.2, 0) is 11.3 Å². The maximum Gasteiger partial charge on any atom is 0.328 e. The van der Waals surface area contributed by atoms with E-state index in [1.165, 1.54) is 11.3 Å². The number of aromatic amines is 1. The van der Waals surface area contributed by atoms with Crippen LogP contribution in [0.15, 0.2) is 45.3 Å². The molecule has 2 heterocycles. The van der Waals surface area contributed by atoms with Gasteiger partial charge in [-0.25, -0.2) is 4.79 Å². The Morgan fingerprint density at radius 3 is 2.76 bits per heavy atom. The van der Waals surface area contributed by atoms with Crippen LogP contribution in [0.2, 0.25) is 5.02 Å². The molecule has 3 rings (SSSR count). The molecular formula is C16H14ClN3O4S. The molecule has 0 saturated heterocycles. The first-order valence-corrected chi connectivity index (χ1v) is 8.66. The lowest BCUT2D eigenvalue weighted by Crippen LogP contribution is -2.39. The number of halogens is 1. The van der Waals surface area contributed by atoms with Gasteiger partial charge in [0.2, 0.25) is 0 Å². The van der Waals surface area contributed by atoms with Crippen molar-refractivity contribution in [1.82, 2.24) is 14.9 Å². The van der Waals surface area contributed by atoms with Gasteiger partial charge in [-0.1, -0.05) is 11.6 Å². The zero-order valence-corrected chi connectivity index (χ0v) is 14.5. The highest BCUT2D eigenvalue weighted by molar-refractivity contribution is 7.17. The van der Waals surface area contributed by atoms with E-state index in [4.69, 9.17) is 16.3 Å². The molecule has 0 unspecified atom stereocenters. The van der Waals surface area contributed by atoms with Crippen molar-refractivity contribution in [2.24, 2.45) is 0 Å². The van der Waals surface area contributed by atoms with Crippen LogP contribution in [-0.4, -0.2) is 28.6 Å². The molecule has 0 spiro atoms. The quantitative estimate of drug-likeness (QED) is 0.680. The van der Waals surface area contributed by atoms with Crippen molar-refractivity contribution in [2.75, 3.05) is 13.2 Å². The molecule has 25 heavy (non-hydrogen) atoms. The Bertz CT molecular complexity index is 1010. The van der Waals surface area contributed by atoms with Crippen LogP contribution in [0, 0.1) is 0 Å². The van der Waals surface area contributed by atoms with E-state index in [1.54, 1.807) is 35.7 Å². The van der Waals surface area contributed by atoms with E-state index in [0.717, 1.165) is 4.57 Å². The van der Waals surface area contributed by atoms with Crippen molar-refractivity contribution in [3.63, 3.8) is 0 Å². The fourth-order valence-corrected chi connectivity index (χ4v) is 3.13. The number of aromatic nitrogens is 2. The maximum atomic E-state index is 12.2. The van der Waals surface area contributed by atoms with Gasteiger partial charge in [-0.05, 0) is 35.7 Å². The van der Waals surface area contributed by atoms with Gasteiger partial charge < -0.3 is 15.0 Å². The number of fused-ring (bicyclic) bond motifs is 1. The predicted octanol–water partition coefficient (Wildman–Crippen LogP) is 1.60. The minimum Gasteiger partial charge on any atom is -0.484 e. The van der Waals surface area contributed by atoms with Gasteiger partial charge in [-0.3, -0.25) is 14.2 Å². The van der Waals surface area contributed by atoms with Crippen LogP contribution >= 0.6 is 22.9 Å². The Morgan fingerprint density at radius 1 is 1.24 bits per heavy atom. The second-order valence-electron chi connectivity index (χ2n) is 5.14. The summed E-state index contributed by atoms with van der Waals surface area (Å²) in [5.41, 5.74) is -0.334. The van der Waals surface area contributed by atoms with Crippen molar-refractivity contribution in [2.45, 2.75) is 6.54 Å². The monoisotopic (exact) mass is 379 g/mol. The maximum absolute atomic E-state index is 12.2. The number of H-pyrrole nitrogens is 1. The average molecular weight is 380 g/mol. The Balaban J connectivity index is 1.54. The largest absolute Gasteiger partial charge is 0.484 e. The number of amides is 1. The topological polar surface area (TPSA) is 93.2 Å². The molecule has 0 aliphatic heterocycles. The van der Waals surface area contributed by atoms with Crippen molar-refractivity contribution in [1.29, 1.82) is 0 Å². The molecule has 2 N–H and O–H groups in total. The molecule has 2 aromatic heterocycles. The van der Waals surface area contributed by atoms with E-state index in [0.29, 0.717) is 21.0 Å². The molecule has 0 atom stereocenters. The number of ether oxygens (including phenoxy) is 1. The van der Waals surface area contributed by atoms with Crippen LogP contribution in [0.3, 0.4) is 0 Å². The summed E-state index contributed by atoms with van der Waals surface area (Å²) >= 11 is 7.03. The fraction of sp³-hybridized carbons (Fsp3) is 0.188. The highest BCUT2D eigenvalue weighted by atomic mass is 35.5. The lowest BCUT2D eigenvalue weighted by molar-refractivity contribution is -0.123. The molecule has 3 aromatic rings. The number of thiophene rings is 1. The second-order valence-corrected chi connectivity index (χ2v) is 6.50. The third kappa shape index (κ3) is 4.09. The average Bonchev–Trinajstić information content (AvgIpc) is 3.06. The van der Waals surface area contributed by atoms with Crippen molar-refractivity contribution >= 4 is 39.1 Å². The van der Waals surface area contributed by atoms with Crippen LogP contribution < -0.4 is 21.3 Å². The van der Waals surface area contributed by atoms with Gasteiger partial charge in [0.25, 0.3) is 11.5 Å². The molecule has 7 nitrogen and oxygen atoms in total. The predicted molar refractivity (Wildman–Crippen MR) is 96.7 cm³/mol. The molecule has 9 heteroatoms. The first-order valence-electron chi connectivity index (χ1n) is 7.40.